The number of hydrogen-bond donors (Lipinski definition) is 0. The molecule has 0 saturated carbocycles. The van der Waals surface area contributed by atoms with Crippen LogP contribution in [0.1, 0.15) is 11.1 Å². The Bertz CT molecular complexity index is 1240. The minimum atomic E-state index is -0.542. The van der Waals surface area contributed by atoms with Gasteiger partial charge in [0.2, 0.25) is 0 Å². The van der Waals surface area contributed by atoms with Gasteiger partial charge in [-0.05, 0) is 35.9 Å². The van der Waals surface area contributed by atoms with Crippen molar-refractivity contribution in [2.24, 2.45) is 0 Å². The van der Waals surface area contributed by atoms with Gasteiger partial charge < -0.3 is 4.74 Å². The number of carbonyl (C=O) groups is 1. The molecule has 0 amide bonds. The summed E-state index contributed by atoms with van der Waals surface area (Å²) in [6.07, 6.45) is 1.78. The minimum Gasteiger partial charge on any atom is -0.425 e. The van der Waals surface area contributed by atoms with Crippen LogP contribution in [0.4, 0.5) is 0 Å². The predicted molar refractivity (Wildman–Crippen MR) is 112 cm³/mol. The molecular weight excluding hydrogens is 388 g/mol. The van der Waals surface area contributed by atoms with E-state index in [1.54, 1.807) is 36.4 Å². The molecule has 4 aromatic rings. The van der Waals surface area contributed by atoms with Crippen molar-refractivity contribution < 1.29 is 9.53 Å². The third-order valence-corrected chi connectivity index (χ3v) is 4.76. The van der Waals surface area contributed by atoms with Gasteiger partial charge in [-0.15, -0.1) is 0 Å². The van der Waals surface area contributed by atoms with Crippen molar-refractivity contribution >= 4 is 28.6 Å². The Morgan fingerprint density at radius 1 is 1.00 bits per heavy atom. The van der Waals surface area contributed by atoms with Crippen molar-refractivity contribution in [3.05, 3.63) is 105 Å². The maximum absolute atomic E-state index is 12.6. The first-order valence-electron chi connectivity index (χ1n) is 9.08. The summed E-state index contributed by atoms with van der Waals surface area (Å²) in [6, 6.07) is 22.1. The zero-order chi connectivity index (χ0) is 20.2. The van der Waals surface area contributed by atoms with Crippen molar-refractivity contribution in [1.29, 1.82) is 0 Å². The molecule has 0 fully saturated rings. The van der Waals surface area contributed by atoms with Crippen LogP contribution in [-0.4, -0.2) is 15.5 Å². The highest BCUT2D eigenvalue weighted by Crippen LogP contribution is 2.26. The van der Waals surface area contributed by atoms with Crippen LogP contribution >= 0.6 is 11.6 Å². The summed E-state index contributed by atoms with van der Waals surface area (Å²) in [7, 11) is 0. The van der Waals surface area contributed by atoms with Crippen LogP contribution in [-0.2, 0) is 17.8 Å². The van der Waals surface area contributed by atoms with Crippen molar-refractivity contribution in [3.63, 3.8) is 0 Å². The standard InChI is InChI=1S/C23H17ClN2O3/c24-18-10-11-21(17(13-18)12-16-6-2-1-3-7-16)29-23(28)15-26-20-9-5-4-8-19(20)25-14-22(26)27/h1-11,13-14H,12,15H2. The molecule has 0 aliphatic carbocycles. The smallest absolute Gasteiger partial charge is 0.331 e. The molecule has 5 nitrogen and oxygen atoms in total. The Balaban J connectivity index is 1.60. The average Bonchev–Trinajstić information content (AvgIpc) is 2.73. The first-order chi connectivity index (χ1) is 14.1. The molecule has 0 spiro atoms. The fourth-order valence-corrected chi connectivity index (χ4v) is 3.36. The van der Waals surface area contributed by atoms with Gasteiger partial charge in [0.1, 0.15) is 12.3 Å². The van der Waals surface area contributed by atoms with E-state index in [1.807, 2.05) is 36.4 Å². The number of carbonyl (C=O) groups excluding carboxylic acids is 1. The number of ether oxygens (including phenoxy) is 1. The molecule has 0 unspecified atom stereocenters. The van der Waals surface area contributed by atoms with E-state index in [2.05, 4.69) is 4.98 Å². The van der Waals surface area contributed by atoms with E-state index in [0.717, 1.165) is 11.1 Å². The molecule has 3 aromatic carbocycles. The highest BCUT2D eigenvalue weighted by molar-refractivity contribution is 6.30. The van der Waals surface area contributed by atoms with Gasteiger partial charge in [0.25, 0.3) is 5.56 Å². The van der Waals surface area contributed by atoms with Gasteiger partial charge in [0.15, 0.2) is 0 Å². The van der Waals surface area contributed by atoms with Crippen LogP contribution < -0.4 is 10.3 Å². The zero-order valence-electron chi connectivity index (χ0n) is 15.4. The highest BCUT2D eigenvalue weighted by atomic mass is 35.5. The molecule has 144 valence electrons. The van der Waals surface area contributed by atoms with Crippen LogP contribution in [0.15, 0.2) is 83.8 Å². The Kier molecular flexibility index (Phi) is 5.40. The number of hydrogen-bond acceptors (Lipinski definition) is 4. The van der Waals surface area contributed by atoms with Crippen LogP contribution in [0, 0.1) is 0 Å². The Hall–Kier alpha value is -3.44. The Morgan fingerprint density at radius 2 is 1.76 bits per heavy atom. The van der Waals surface area contributed by atoms with Crippen LogP contribution in [0.2, 0.25) is 5.02 Å². The monoisotopic (exact) mass is 404 g/mol. The van der Waals surface area contributed by atoms with E-state index < -0.39 is 5.97 Å². The quantitative estimate of drug-likeness (QED) is 0.368. The summed E-state index contributed by atoms with van der Waals surface area (Å²) in [6.45, 7) is -0.213. The molecule has 0 aliphatic rings. The summed E-state index contributed by atoms with van der Waals surface area (Å²) in [5, 5.41) is 0.562. The van der Waals surface area contributed by atoms with Crippen molar-refractivity contribution in [2.45, 2.75) is 13.0 Å². The summed E-state index contributed by atoms with van der Waals surface area (Å²) in [5.74, 6) is -0.116. The van der Waals surface area contributed by atoms with E-state index >= 15 is 0 Å². The van der Waals surface area contributed by atoms with Gasteiger partial charge in [-0.3, -0.25) is 9.36 Å². The number of fused-ring (bicyclic) bond motifs is 1. The lowest BCUT2D eigenvalue weighted by Gasteiger charge is -2.13. The minimum absolute atomic E-state index is 0.213. The maximum Gasteiger partial charge on any atom is 0.331 e. The summed E-state index contributed by atoms with van der Waals surface area (Å²) >= 11 is 6.14. The summed E-state index contributed by atoms with van der Waals surface area (Å²) < 4.78 is 6.96. The van der Waals surface area contributed by atoms with Gasteiger partial charge in [0.05, 0.1) is 17.2 Å². The fourth-order valence-electron chi connectivity index (χ4n) is 3.16. The van der Waals surface area contributed by atoms with E-state index in [1.165, 1.54) is 10.8 Å². The number of halogens is 1. The molecule has 6 heteroatoms. The molecule has 1 aromatic heterocycles. The molecule has 0 saturated heterocycles. The zero-order valence-corrected chi connectivity index (χ0v) is 16.2. The number of rotatable bonds is 5. The molecular formula is C23H17ClN2O3. The first-order valence-corrected chi connectivity index (χ1v) is 9.45. The second-order valence-electron chi connectivity index (χ2n) is 6.56. The van der Waals surface area contributed by atoms with Crippen molar-refractivity contribution in [1.82, 2.24) is 9.55 Å². The predicted octanol–water partition coefficient (Wildman–Crippen LogP) is 4.25. The molecule has 29 heavy (non-hydrogen) atoms. The van der Waals surface area contributed by atoms with E-state index in [0.29, 0.717) is 28.2 Å². The third-order valence-electron chi connectivity index (χ3n) is 4.52. The summed E-state index contributed by atoms with van der Waals surface area (Å²) in [5.41, 5.74) is 2.72. The normalized spacial score (nSPS) is 10.8. The second kappa shape index (κ2) is 8.29. The van der Waals surface area contributed by atoms with Gasteiger partial charge in [-0.2, -0.15) is 0 Å². The van der Waals surface area contributed by atoms with Crippen molar-refractivity contribution in [3.8, 4) is 5.75 Å². The van der Waals surface area contributed by atoms with Crippen LogP contribution in [0.3, 0.4) is 0 Å². The lowest BCUT2D eigenvalue weighted by molar-refractivity contribution is -0.135. The number of aromatic nitrogens is 2. The van der Waals surface area contributed by atoms with Gasteiger partial charge >= 0.3 is 5.97 Å². The Morgan fingerprint density at radius 3 is 2.59 bits per heavy atom. The largest absolute Gasteiger partial charge is 0.425 e. The molecule has 0 atom stereocenters. The number of esters is 1. The van der Waals surface area contributed by atoms with Gasteiger partial charge in [0, 0.05) is 17.0 Å². The van der Waals surface area contributed by atoms with Gasteiger partial charge in [-0.25, -0.2) is 9.78 Å². The van der Waals surface area contributed by atoms with Crippen LogP contribution in [0.5, 0.6) is 5.75 Å². The Labute approximate surface area is 172 Å². The number of benzene rings is 3. The third kappa shape index (κ3) is 4.36. The SMILES string of the molecule is O=C(Cn1c(=O)cnc2ccccc21)Oc1ccc(Cl)cc1Cc1ccccc1. The summed E-state index contributed by atoms with van der Waals surface area (Å²) in [4.78, 5) is 29.0. The second-order valence-corrected chi connectivity index (χ2v) is 7.00. The maximum atomic E-state index is 12.6. The van der Waals surface area contributed by atoms with Gasteiger partial charge in [-0.1, -0.05) is 54.1 Å². The van der Waals surface area contributed by atoms with E-state index in [4.69, 9.17) is 16.3 Å². The number of para-hydroxylation sites is 2. The fraction of sp³-hybridized carbons (Fsp3) is 0.0870. The first kappa shape index (κ1) is 18.9. The molecule has 0 N–H and O–H groups in total. The molecule has 1 heterocycles. The number of nitrogens with zero attached hydrogens (tertiary/aromatic N) is 2. The molecule has 0 bridgehead atoms. The van der Waals surface area contributed by atoms with Crippen molar-refractivity contribution in [2.75, 3.05) is 0 Å². The average molecular weight is 405 g/mol. The highest BCUT2D eigenvalue weighted by Gasteiger charge is 2.14. The molecule has 4 rings (SSSR count). The molecule has 0 aliphatic heterocycles. The van der Waals surface area contributed by atoms with Crippen LogP contribution in [0.25, 0.3) is 11.0 Å². The molecule has 0 radical (unpaired) electrons. The lowest BCUT2D eigenvalue weighted by atomic mass is 10.0. The van der Waals surface area contributed by atoms with E-state index in [9.17, 15) is 9.59 Å². The topological polar surface area (TPSA) is 61.2 Å². The van der Waals surface area contributed by atoms with E-state index in [-0.39, 0.29) is 12.1 Å². The lowest BCUT2D eigenvalue weighted by Crippen LogP contribution is -2.27.